The Morgan fingerprint density at radius 3 is 2.40 bits per heavy atom. The molecular formula is C24H24N3O9PS3. The van der Waals surface area contributed by atoms with E-state index in [1.807, 2.05) is 0 Å². The maximum Gasteiger partial charge on any atom is 0.485 e. The van der Waals surface area contributed by atoms with Crippen LogP contribution in [0.15, 0.2) is 76.5 Å². The summed E-state index contributed by atoms with van der Waals surface area (Å²) in [5, 5.41) is 13.4. The number of nitrogens with one attached hydrogen (secondary N) is 1. The number of hydrogen-bond acceptors (Lipinski definition) is 11. The minimum absolute atomic E-state index is 0.0160. The molecule has 3 rings (SSSR count). The highest BCUT2D eigenvalue weighted by molar-refractivity contribution is 8.83. The van der Waals surface area contributed by atoms with E-state index in [2.05, 4.69) is 5.32 Å². The van der Waals surface area contributed by atoms with Gasteiger partial charge in [-0.1, -0.05) is 29.6 Å². The molecule has 40 heavy (non-hydrogen) atoms. The van der Waals surface area contributed by atoms with Gasteiger partial charge in [-0.15, -0.1) is 4.84 Å². The number of nitro benzene ring substituents is 1. The van der Waals surface area contributed by atoms with E-state index >= 15 is 0 Å². The van der Waals surface area contributed by atoms with E-state index in [9.17, 15) is 27.9 Å². The fraction of sp³-hybridized carbons (Fsp3) is 0.167. The van der Waals surface area contributed by atoms with Gasteiger partial charge in [0.15, 0.2) is 16.9 Å². The predicted octanol–water partition coefficient (Wildman–Crippen LogP) is 4.52. The summed E-state index contributed by atoms with van der Waals surface area (Å²) in [5.74, 6) is 0.483. The molecule has 0 spiro atoms. The lowest BCUT2D eigenvalue weighted by Crippen LogP contribution is -2.24. The van der Waals surface area contributed by atoms with E-state index in [1.165, 1.54) is 62.9 Å². The van der Waals surface area contributed by atoms with Crippen LogP contribution in [0.4, 0.5) is 16.2 Å². The van der Waals surface area contributed by atoms with Gasteiger partial charge in [0.2, 0.25) is 4.90 Å². The van der Waals surface area contributed by atoms with Gasteiger partial charge in [0, 0.05) is 34.9 Å². The van der Waals surface area contributed by atoms with E-state index in [-0.39, 0.29) is 28.0 Å². The lowest BCUT2D eigenvalue weighted by Gasteiger charge is -2.26. The molecule has 3 aromatic carbocycles. The van der Waals surface area contributed by atoms with Crippen LogP contribution in [0.2, 0.25) is 0 Å². The number of anilines is 1. The van der Waals surface area contributed by atoms with Gasteiger partial charge in [-0.3, -0.25) is 15.4 Å². The fourth-order valence-corrected chi connectivity index (χ4v) is 8.80. The lowest BCUT2D eigenvalue weighted by atomic mass is 10.2. The van der Waals surface area contributed by atoms with Gasteiger partial charge in [-0.25, -0.2) is 18.0 Å². The van der Waals surface area contributed by atoms with Crippen molar-refractivity contribution >= 4 is 68.0 Å². The third-order valence-electron chi connectivity index (χ3n) is 5.20. The van der Waals surface area contributed by atoms with Gasteiger partial charge < -0.3 is 21.6 Å². The third-order valence-corrected chi connectivity index (χ3v) is 11.3. The average molecular weight is 626 g/mol. The van der Waals surface area contributed by atoms with Gasteiger partial charge in [0.05, 0.1) is 28.2 Å². The first-order valence-corrected chi connectivity index (χ1v) is 17.2. The van der Waals surface area contributed by atoms with Crippen LogP contribution in [-0.2, 0) is 42.7 Å². The molecular weight excluding hydrogens is 601 g/mol. The van der Waals surface area contributed by atoms with Crippen molar-refractivity contribution in [3.8, 4) is 5.75 Å². The maximum absolute atomic E-state index is 13.8. The van der Waals surface area contributed by atoms with Crippen molar-refractivity contribution in [2.24, 2.45) is 0 Å². The molecule has 1 atom stereocenters. The molecule has 0 radical (unpaired) electrons. The number of carbonyl (C=O) groups excluding carboxylic acids is 1. The monoisotopic (exact) mass is 625 g/mol. The summed E-state index contributed by atoms with van der Waals surface area (Å²) >= 11 is 6.45. The third kappa shape index (κ3) is 8.24. The highest BCUT2D eigenvalue weighted by Crippen LogP contribution is 2.61. The van der Waals surface area contributed by atoms with Crippen molar-refractivity contribution in [3.05, 3.63) is 82.4 Å². The minimum atomic E-state index is -3.61. The van der Waals surface area contributed by atoms with Crippen LogP contribution >= 0.6 is 16.9 Å². The van der Waals surface area contributed by atoms with Gasteiger partial charge >= 0.3 is 6.09 Å². The van der Waals surface area contributed by atoms with Crippen molar-refractivity contribution in [3.63, 3.8) is 0 Å². The summed E-state index contributed by atoms with van der Waals surface area (Å²) < 4.78 is 43.5. The Morgan fingerprint density at radius 1 is 1.12 bits per heavy atom. The lowest BCUT2D eigenvalue weighted by molar-refractivity contribution is -0.941. The second-order valence-electron chi connectivity index (χ2n) is 7.96. The zero-order valence-corrected chi connectivity index (χ0v) is 24.7. The number of benzene rings is 3. The van der Waals surface area contributed by atoms with Crippen molar-refractivity contribution in [1.82, 2.24) is 0 Å². The summed E-state index contributed by atoms with van der Waals surface area (Å²) in [6, 6.07) is 16.1. The molecule has 0 unspecified atom stereocenters. The number of amides is 1. The van der Waals surface area contributed by atoms with E-state index in [1.54, 1.807) is 24.3 Å². The predicted molar refractivity (Wildman–Crippen MR) is 153 cm³/mol. The first-order valence-electron chi connectivity index (χ1n) is 11.2. The van der Waals surface area contributed by atoms with Gasteiger partial charge in [-0.2, -0.15) is 0 Å². The smallest absolute Gasteiger partial charge is 0.485 e. The summed E-state index contributed by atoms with van der Waals surface area (Å²) in [7, 11) is -0.911. The number of nitro groups is 1. The molecule has 3 aromatic rings. The van der Waals surface area contributed by atoms with Crippen LogP contribution in [0.1, 0.15) is 5.56 Å². The molecule has 0 saturated carbocycles. The SMILES string of the molecule is COc1ccccc1S[P@@](=O)([S-])c1ccc(S(C)(=O)=O)cc1CC=[N+](OC)OC(=O)Nc1ccc([N+](=O)[O-])cc1. The van der Waals surface area contributed by atoms with Gasteiger partial charge in [-0.05, 0) is 42.0 Å². The number of rotatable bonds is 11. The van der Waals surface area contributed by atoms with Gasteiger partial charge in [0.25, 0.3) is 11.9 Å². The summed E-state index contributed by atoms with van der Waals surface area (Å²) in [4.78, 5) is 33.9. The molecule has 0 aromatic heterocycles. The van der Waals surface area contributed by atoms with Crippen LogP contribution in [0.3, 0.4) is 0 Å². The number of para-hydroxylation sites is 1. The van der Waals surface area contributed by atoms with E-state index in [4.69, 9.17) is 26.7 Å². The van der Waals surface area contributed by atoms with Crippen LogP contribution in [0.25, 0.3) is 0 Å². The molecule has 0 saturated heterocycles. The first-order chi connectivity index (χ1) is 18.8. The molecule has 0 aliphatic rings. The number of hydrogen-bond donors (Lipinski definition) is 1. The van der Waals surface area contributed by atoms with E-state index < -0.39 is 26.4 Å². The molecule has 0 fully saturated rings. The Bertz CT molecular complexity index is 1600. The number of carbonyl (C=O) groups is 1. The van der Waals surface area contributed by atoms with Gasteiger partial charge in [0.1, 0.15) is 5.75 Å². The summed E-state index contributed by atoms with van der Waals surface area (Å²) in [5.41, 5.74) is -3.20. The number of ether oxygens (including phenoxy) is 1. The summed E-state index contributed by atoms with van der Waals surface area (Å²) in [6.45, 7) is 0. The van der Waals surface area contributed by atoms with E-state index in [0.29, 0.717) is 16.2 Å². The Hall–Kier alpha value is -3.52. The maximum atomic E-state index is 13.8. The molecule has 0 heterocycles. The number of non-ortho nitro benzene ring substituents is 1. The number of methoxy groups -OCH3 is 1. The summed E-state index contributed by atoms with van der Waals surface area (Å²) in [6.07, 6.45) is 1.27. The Morgan fingerprint density at radius 2 is 1.80 bits per heavy atom. The number of nitrogens with zero attached hydrogens (tertiary/aromatic N) is 2. The highest BCUT2D eigenvalue weighted by atomic mass is 33.1. The first kappa shape index (κ1) is 31.0. The molecule has 16 heteroatoms. The average Bonchev–Trinajstić information content (AvgIpc) is 2.90. The zero-order chi connectivity index (χ0) is 29.5. The Kier molecular flexibility index (Phi) is 10.3. The quantitative estimate of drug-likeness (QED) is 0.0799. The van der Waals surface area contributed by atoms with Crippen LogP contribution in [0.5, 0.6) is 5.75 Å². The number of sulfone groups is 1. The fourth-order valence-electron chi connectivity index (χ4n) is 3.31. The largest absolute Gasteiger partial charge is 0.702 e. The minimum Gasteiger partial charge on any atom is -0.702 e. The molecule has 0 aliphatic heterocycles. The van der Waals surface area contributed by atoms with Crippen LogP contribution in [0, 0.1) is 10.1 Å². The molecule has 0 aliphatic carbocycles. The van der Waals surface area contributed by atoms with Crippen molar-refractivity contribution in [2.75, 3.05) is 25.8 Å². The standard InChI is InChI=1S/C24H24N3O9PS3/c1-34-21-6-4-5-7-23(21)39-37(31,38)22-13-12-20(40(3,32)33)16-17(22)14-15-26(35-2)36-24(28)25-18-8-10-19(11-9-18)27(29)30/h4-13,15-16H,14H2,1-3H3,(H-,25,28,31,38)/t37-/m0/s1. The van der Waals surface area contributed by atoms with E-state index in [0.717, 1.165) is 22.5 Å². The van der Waals surface area contributed by atoms with Crippen molar-refractivity contribution in [2.45, 2.75) is 16.2 Å². The highest BCUT2D eigenvalue weighted by Gasteiger charge is 2.22. The molecule has 1 N–H and O–H groups in total. The zero-order valence-electron chi connectivity index (χ0n) is 21.4. The molecule has 12 nitrogen and oxygen atoms in total. The normalized spacial score (nSPS) is 13.2. The van der Waals surface area contributed by atoms with Crippen LogP contribution in [-0.4, -0.2) is 51.0 Å². The molecule has 0 bridgehead atoms. The van der Waals surface area contributed by atoms with Crippen molar-refractivity contribution < 1.29 is 42.0 Å². The second kappa shape index (κ2) is 13.2. The van der Waals surface area contributed by atoms with Crippen LogP contribution < -0.4 is 15.4 Å². The molecule has 1 amide bonds. The Labute approximate surface area is 239 Å². The molecule has 212 valence electrons. The Balaban J connectivity index is 1.87. The second-order valence-corrected chi connectivity index (χ2v) is 16.4. The van der Waals surface area contributed by atoms with Crippen molar-refractivity contribution in [1.29, 1.82) is 0 Å². The topological polar surface area (TPSA) is 154 Å².